The number of anilines is 1. The van der Waals surface area contributed by atoms with E-state index in [0.29, 0.717) is 5.69 Å². The molecule has 0 saturated heterocycles. The number of carboxylic acid groups (broad SMARTS) is 1. The first-order valence-corrected chi connectivity index (χ1v) is 5.80. The van der Waals surface area contributed by atoms with Gasteiger partial charge in [0.25, 0.3) is 0 Å². The number of hydrogen-bond donors (Lipinski definition) is 1. The average Bonchev–Trinajstić information content (AvgIpc) is 2.66. The van der Waals surface area contributed by atoms with E-state index in [1.54, 1.807) is 12.1 Å². The largest absolute Gasteiger partial charge is 0.464 e. The molecule has 16 heavy (non-hydrogen) atoms. The van der Waals surface area contributed by atoms with Crippen molar-refractivity contribution in [3.05, 3.63) is 41.6 Å². The smallest absolute Gasteiger partial charge is 0.416 e. The van der Waals surface area contributed by atoms with E-state index in [-0.39, 0.29) is 0 Å². The summed E-state index contributed by atoms with van der Waals surface area (Å²) in [6.07, 6.45) is 0.881. The number of hydrogen-bond acceptors (Lipinski definition) is 3. The Hall–Kier alpha value is -1.62. The van der Waals surface area contributed by atoms with E-state index in [9.17, 15) is 9.90 Å². The third-order valence-corrected chi connectivity index (χ3v) is 3.29. The summed E-state index contributed by atoms with van der Waals surface area (Å²) in [5.74, 6) is 0.784. The Morgan fingerprint density at radius 1 is 1.44 bits per heavy atom. The Morgan fingerprint density at radius 2 is 2.12 bits per heavy atom. The minimum absolute atomic E-state index is 0.670. The second-order valence-corrected chi connectivity index (χ2v) is 4.42. The second-order valence-electron chi connectivity index (χ2n) is 3.45. The van der Waals surface area contributed by atoms with E-state index in [2.05, 4.69) is 0 Å². The van der Waals surface area contributed by atoms with Gasteiger partial charge in [0, 0.05) is 13.2 Å². The van der Waals surface area contributed by atoms with Crippen LogP contribution >= 0.6 is 11.8 Å². The number of rotatable bonds is 2. The van der Waals surface area contributed by atoms with Crippen molar-refractivity contribution in [3.8, 4) is 0 Å². The van der Waals surface area contributed by atoms with Crippen molar-refractivity contribution in [2.24, 2.45) is 0 Å². The van der Waals surface area contributed by atoms with Crippen molar-refractivity contribution < 1.29 is 9.90 Å². The first kappa shape index (κ1) is 10.9. The van der Waals surface area contributed by atoms with Gasteiger partial charge < -0.3 is 10.0 Å². The third-order valence-electron chi connectivity index (χ3n) is 2.17. The fraction of sp³-hybridized carbons (Fsp3) is 0.182. The Morgan fingerprint density at radius 3 is 2.62 bits per heavy atom. The summed E-state index contributed by atoms with van der Waals surface area (Å²) >= 11 is 1.51. The zero-order chi connectivity index (χ0) is 11.5. The summed E-state index contributed by atoms with van der Waals surface area (Å²) in [6.45, 7) is 0. The molecule has 1 heterocycles. The molecule has 0 aliphatic carbocycles. The van der Waals surface area contributed by atoms with Crippen LogP contribution in [-0.4, -0.2) is 29.0 Å². The molecule has 0 radical (unpaired) electrons. The maximum absolute atomic E-state index is 11.2. The molecular weight excluding hydrogens is 224 g/mol. The summed E-state index contributed by atoms with van der Waals surface area (Å²) in [4.78, 5) is 14.5. The Kier molecular flexibility index (Phi) is 3.05. The fourth-order valence-corrected chi connectivity index (χ4v) is 2.44. The summed E-state index contributed by atoms with van der Waals surface area (Å²) in [5, 5.41) is 9.96. The normalized spacial score (nSPS) is 14.8. The predicted molar refractivity (Wildman–Crippen MR) is 65.2 cm³/mol. The first-order valence-electron chi connectivity index (χ1n) is 4.81. The van der Waals surface area contributed by atoms with Gasteiger partial charge in [-0.05, 0) is 12.1 Å². The lowest BCUT2D eigenvalue weighted by Crippen LogP contribution is -2.26. The summed E-state index contributed by atoms with van der Waals surface area (Å²) in [5.41, 5.74) is 0.670. The molecule has 2 rings (SSSR count). The first-order chi connectivity index (χ1) is 7.68. The monoisotopic (exact) mass is 236 g/mol. The molecular formula is C11H12N2O2S. The van der Waals surface area contributed by atoms with Gasteiger partial charge in [0.1, 0.15) is 5.03 Å². The Labute approximate surface area is 98.2 Å². The molecule has 1 aliphatic rings. The molecule has 1 aromatic carbocycles. The third kappa shape index (κ3) is 2.14. The SMILES string of the molecule is CN1C=C(N(C(=O)O)c2ccccc2)SC1. The van der Waals surface area contributed by atoms with Crippen molar-refractivity contribution in [3.63, 3.8) is 0 Å². The zero-order valence-corrected chi connectivity index (χ0v) is 9.65. The van der Waals surface area contributed by atoms with E-state index in [1.165, 1.54) is 16.7 Å². The molecule has 0 aromatic heterocycles. The molecule has 1 aromatic rings. The summed E-state index contributed by atoms with van der Waals surface area (Å²) in [6, 6.07) is 9.10. The number of thioether (sulfide) groups is 1. The van der Waals surface area contributed by atoms with Crippen molar-refractivity contribution in [2.45, 2.75) is 0 Å². The van der Waals surface area contributed by atoms with Gasteiger partial charge in [-0.25, -0.2) is 9.69 Å². The molecule has 0 atom stereocenters. The highest BCUT2D eigenvalue weighted by Crippen LogP contribution is 2.31. The lowest BCUT2D eigenvalue weighted by atomic mass is 10.3. The average molecular weight is 236 g/mol. The molecule has 0 unspecified atom stereocenters. The molecule has 1 N–H and O–H groups in total. The van der Waals surface area contributed by atoms with Gasteiger partial charge in [0.15, 0.2) is 0 Å². The van der Waals surface area contributed by atoms with Crippen molar-refractivity contribution in [2.75, 3.05) is 17.8 Å². The molecule has 84 valence electrons. The minimum atomic E-state index is -0.958. The maximum atomic E-state index is 11.2. The van der Waals surface area contributed by atoms with Crippen LogP contribution in [0.25, 0.3) is 0 Å². The van der Waals surface area contributed by atoms with Gasteiger partial charge in [0.2, 0.25) is 0 Å². The van der Waals surface area contributed by atoms with Crippen LogP contribution in [0.3, 0.4) is 0 Å². The number of carbonyl (C=O) groups is 1. The molecule has 5 heteroatoms. The van der Waals surface area contributed by atoms with Crippen molar-refractivity contribution in [1.82, 2.24) is 4.90 Å². The summed E-state index contributed by atoms with van der Waals surface area (Å²) in [7, 11) is 1.92. The molecule has 0 saturated carbocycles. The molecule has 1 aliphatic heterocycles. The van der Waals surface area contributed by atoms with E-state index >= 15 is 0 Å². The topological polar surface area (TPSA) is 43.8 Å². The highest BCUT2D eigenvalue weighted by molar-refractivity contribution is 8.03. The number of benzene rings is 1. The number of amides is 1. The van der Waals surface area contributed by atoms with Crippen LogP contribution in [0.4, 0.5) is 10.5 Å². The Bertz CT molecular complexity index is 419. The van der Waals surface area contributed by atoms with Gasteiger partial charge in [-0.1, -0.05) is 30.0 Å². The van der Waals surface area contributed by atoms with Gasteiger partial charge in [-0.3, -0.25) is 0 Å². The molecule has 0 spiro atoms. The molecule has 0 bridgehead atoms. The minimum Gasteiger partial charge on any atom is -0.464 e. The molecule has 0 fully saturated rings. The standard InChI is InChI=1S/C11H12N2O2S/c1-12-7-10(16-8-12)13(11(14)15)9-5-3-2-4-6-9/h2-7H,8H2,1H3,(H,14,15). The van der Waals surface area contributed by atoms with Crippen LogP contribution in [0.5, 0.6) is 0 Å². The van der Waals surface area contributed by atoms with Gasteiger partial charge >= 0.3 is 6.09 Å². The second kappa shape index (κ2) is 4.49. The van der Waals surface area contributed by atoms with Crippen LogP contribution in [0.15, 0.2) is 41.6 Å². The van der Waals surface area contributed by atoms with Gasteiger partial charge in [-0.15, -0.1) is 0 Å². The van der Waals surface area contributed by atoms with E-state index in [4.69, 9.17) is 0 Å². The molecule has 4 nitrogen and oxygen atoms in total. The fourth-order valence-electron chi connectivity index (χ4n) is 1.46. The van der Waals surface area contributed by atoms with Crippen LogP contribution in [0.2, 0.25) is 0 Å². The van der Waals surface area contributed by atoms with Gasteiger partial charge in [-0.2, -0.15) is 0 Å². The van der Waals surface area contributed by atoms with E-state index < -0.39 is 6.09 Å². The van der Waals surface area contributed by atoms with E-state index in [1.807, 2.05) is 36.3 Å². The van der Waals surface area contributed by atoms with E-state index in [0.717, 1.165) is 10.9 Å². The highest BCUT2D eigenvalue weighted by Gasteiger charge is 2.23. The van der Waals surface area contributed by atoms with Crippen LogP contribution < -0.4 is 4.90 Å². The quantitative estimate of drug-likeness (QED) is 0.857. The zero-order valence-electron chi connectivity index (χ0n) is 8.83. The number of nitrogens with zero attached hydrogens (tertiary/aromatic N) is 2. The van der Waals surface area contributed by atoms with Crippen molar-refractivity contribution in [1.29, 1.82) is 0 Å². The van der Waals surface area contributed by atoms with Crippen LogP contribution in [0, 0.1) is 0 Å². The van der Waals surface area contributed by atoms with Crippen molar-refractivity contribution >= 4 is 23.5 Å². The Balaban J connectivity index is 2.32. The van der Waals surface area contributed by atoms with Crippen LogP contribution in [-0.2, 0) is 0 Å². The lowest BCUT2D eigenvalue weighted by Gasteiger charge is -2.18. The maximum Gasteiger partial charge on any atom is 0.416 e. The van der Waals surface area contributed by atoms with Gasteiger partial charge in [0.05, 0.1) is 11.6 Å². The predicted octanol–water partition coefficient (Wildman–Crippen LogP) is 2.61. The van der Waals surface area contributed by atoms with Crippen LogP contribution in [0.1, 0.15) is 0 Å². The molecule has 1 amide bonds. The highest BCUT2D eigenvalue weighted by atomic mass is 32.2. The summed E-state index contributed by atoms with van der Waals surface area (Å²) < 4.78 is 0. The number of para-hydroxylation sites is 1. The lowest BCUT2D eigenvalue weighted by molar-refractivity contribution is 0.204.